The first-order valence-corrected chi connectivity index (χ1v) is 14.0. The van der Waals surface area contributed by atoms with Crippen LogP contribution >= 0.6 is 23.1 Å². The van der Waals surface area contributed by atoms with Crippen molar-refractivity contribution in [1.82, 2.24) is 14.8 Å². The minimum Gasteiger partial charge on any atom is -0.421 e. The number of aliphatic hydroxyl groups excluding tert-OH is 2. The molecule has 1 aromatic heterocycles. The van der Waals surface area contributed by atoms with Crippen LogP contribution in [0.15, 0.2) is 21.5 Å². The monoisotopic (exact) mass is 553 g/mol. The topological polar surface area (TPSA) is 130 Å². The third-order valence-electron chi connectivity index (χ3n) is 6.40. The van der Waals surface area contributed by atoms with Crippen LogP contribution in [0.3, 0.4) is 0 Å². The average Bonchev–Trinajstić information content (AvgIpc) is 3.33. The molecule has 0 aromatic carbocycles. The summed E-state index contributed by atoms with van der Waals surface area (Å²) in [5.74, 6) is -1.98. The molecular formula is C25H35N3O7S2. The van der Waals surface area contributed by atoms with Gasteiger partial charge in [-0.15, -0.1) is 11.3 Å². The van der Waals surface area contributed by atoms with E-state index in [0.29, 0.717) is 10.6 Å². The lowest BCUT2D eigenvalue weighted by Gasteiger charge is -2.46. The number of carbonyl (C=O) groups excluding carboxylic acids is 3. The number of rotatable bonds is 10. The Hall–Kier alpha value is -2.41. The number of carbonyl (C=O) groups is 3. The number of thiazole rings is 1. The van der Waals surface area contributed by atoms with E-state index in [1.807, 2.05) is 34.6 Å². The molecule has 0 spiro atoms. The maximum atomic E-state index is 13.3. The van der Waals surface area contributed by atoms with E-state index in [1.165, 1.54) is 39.8 Å². The van der Waals surface area contributed by atoms with Crippen LogP contribution in [0.25, 0.3) is 6.08 Å². The Balaban J connectivity index is 1.82. The number of thioether (sulfide) groups is 1. The predicted octanol–water partition coefficient (Wildman–Crippen LogP) is 3.55. The van der Waals surface area contributed by atoms with Crippen LogP contribution in [0.4, 0.5) is 4.79 Å². The maximum absolute atomic E-state index is 13.3. The van der Waals surface area contributed by atoms with Gasteiger partial charge in [-0.1, -0.05) is 18.7 Å². The molecule has 0 radical (unpaired) electrons. The number of hydrogen-bond acceptors (Lipinski definition) is 10. The maximum Gasteiger partial charge on any atom is 0.413 e. The molecule has 204 valence electrons. The van der Waals surface area contributed by atoms with Gasteiger partial charge in [-0.25, -0.2) is 14.6 Å². The van der Waals surface area contributed by atoms with Gasteiger partial charge in [-0.3, -0.25) is 4.79 Å². The molecule has 2 aliphatic heterocycles. The number of aliphatic hydroxyl groups is 2. The van der Waals surface area contributed by atoms with Crippen molar-refractivity contribution >= 4 is 47.1 Å². The van der Waals surface area contributed by atoms with Crippen molar-refractivity contribution in [1.29, 1.82) is 0 Å². The average molecular weight is 554 g/mol. The second kappa shape index (κ2) is 12.0. The number of amides is 2. The van der Waals surface area contributed by atoms with Gasteiger partial charge in [-0.05, 0) is 46.1 Å². The summed E-state index contributed by atoms with van der Waals surface area (Å²) in [6.07, 6.45) is -0.864. The molecule has 2 aliphatic rings. The Morgan fingerprint density at radius 3 is 2.43 bits per heavy atom. The summed E-state index contributed by atoms with van der Waals surface area (Å²) in [5, 5.41) is 21.4. The first kappa shape index (κ1) is 29.2. The molecule has 10 nitrogen and oxygen atoms in total. The summed E-state index contributed by atoms with van der Waals surface area (Å²) < 4.78 is 10.9. The number of esters is 1. The van der Waals surface area contributed by atoms with E-state index in [1.54, 1.807) is 23.9 Å². The van der Waals surface area contributed by atoms with Crippen LogP contribution in [0.5, 0.6) is 0 Å². The van der Waals surface area contributed by atoms with Crippen molar-refractivity contribution in [3.8, 4) is 0 Å². The third kappa shape index (κ3) is 5.87. The zero-order valence-corrected chi connectivity index (χ0v) is 23.7. The third-order valence-corrected chi connectivity index (χ3v) is 8.33. The molecule has 1 unspecified atom stereocenters. The van der Waals surface area contributed by atoms with Crippen LogP contribution in [0.2, 0.25) is 0 Å². The number of hydrogen-bond donors (Lipinski definition) is 2. The van der Waals surface area contributed by atoms with Crippen molar-refractivity contribution in [3.63, 3.8) is 0 Å². The lowest BCUT2D eigenvalue weighted by molar-refractivity contribution is -0.172. The number of ether oxygens (including phenoxy) is 2. The fourth-order valence-corrected chi connectivity index (χ4v) is 6.60. The van der Waals surface area contributed by atoms with Crippen LogP contribution in [0, 0.1) is 11.8 Å². The van der Waals surface area contributed by atoms with E-state index in [9.17, 15) is 24.6 Å². The molecule has 1 saturated heterocycles. The lowest BCUT2D eigenvalue weighted by atomic mass is 9.79. The number of β-lactam (4-membered cyclic amide) rings is 1. The highest BCUT2D eigenvalue weighted by atomic mass is 32.2. The van der Waals surface area contributed by atoms with E-state index in [4.69, 9.17) is 9.47 Å². The van der Waals surface area contributed by atoms with E-state index in [2.05, 4.69) is 4.98 Å². The number of fused-ring (bicyclic) bond motifs is 1. The molecule has 0 aliphatic carbocycles. The highest BCUT2D eigenvalue weighted by Crippen LogP contribution is 2.51. The predicted molar refractivity (Wildman–Crippen MR) is 141 cm³/mol. The standard InChI is InChI=1S/C25H35N3O7S2/c1-12(2)27(13(3)4)25(33)35-16(7)34-24(32)21-22(36-9-8-18-17(10-29)26-11-37-18)14(5)20-19(15(6)30)23(31)28(20)21/h8-9,11-16,19-20,29-30H,10H2,1-7H3/t14-,15-,16?,19-,20-/m1/s1. The fourth-order valence-electron chi connectivity index (χ4n) is 4.82. The summed E-state index contributed by atoms with van der Waals surface area (Å²) in [7, 11) is 0. The minimum absolute atomic E-state index is 0.0909. The van der Waals surface area contributed by atoms with E-state index >= 15 is 0 Å². The second-order valence-electron chi connectivity index (χ2n) is 9.66. The van der Waals surface area contributed by atoms with Gasteiger partial charge in [0.15, 0.2) is 0 Å². The molecule has 0 saturated carbocycles. The molecule has 0 bridgehead atoms. The van der Waals surface area contributed by atoms with E-state index in [-0.39, 0.29) is 42.3 Å². The molecule has 1 aromatic rings. The van der Waals surface area contributed by atoms with Gasteiger partial charge < -0.3 is 29.5 Å². The molecular weight excluding hydrogens is 518 g/mol. The molecule has 3 rings (SSSR count). The minimum atomic E-state index is -1.18. The summed E-state index contributed by atoms with van der Waals surface area (Å²) in [6, 6.07) is -0.590. The quantitative estimate of drug-likeness (QED) is 0.254. The lowest BCUT2D eigenvalue weighted by Crippen LogP contribution is -2.63. The largest absolute Gasteiger partial charge is 0.421 e. The summed E-state index contributed by atoms with van der Waals surface area (Å²) in [5.41, 5.74) is 2.28. The molecule has 37 heavy (non-hydrogen) atoms. The Bertz CT molecular complexity index is 1070. The van der Waals surface area contributed by atoms with Crippen molar-refractivity contribution in [2.45, 2.75) is 85.6 Å². The molecule has 2 amide bonds. The Morgan fingerprint density at radius 2 is 1.86 bits per heavy atom. The van der Waals surface area contributed by atoms with Crippen LogP contribution in [-0.4, -0.2) is 73.5 Å². The first-order valence-electron chi connectivity index (χ1n) is 12.2. The first-order chi connectivity index (χ1) is 17.4. The van der Waals surface area contributed by atoms with E-state index in [0.717, 1.165) is 4.88 Å². The molecule has 3 heterocycles. The molecule has 5 atom stereocenters. The van der Waals surface area contributed by atoms with Crippen molar-refractivity contribution in [3.05, 3.63) is 32.1 Å². The Morgan fingerprint density at radius 1 is 1.22 bits per heavy atom. The van der Waals surface area contributed by atoms with Gasteiger partial charge in [-0.2, -0.15) is 0 Å². The molecule has 2 N–H and O–H groups in total. The summed E-state index contributed by atoms with van der Waals surface area (Å²) in [4.78, 5) is 47.3. The number of nitrogens with zero attached hydrogens (tertiary/aromatic N) is 3. The number of aromatic nitrogens is 1. The van der Waals surface area contributed by atoms with Crippen LogP contribution in [-0.2, 0) is 25.7 Å². The van der Waals surface area contributed by atoms with Gasteiger partial charge in [0, 0.05) is 29.8 Å². The summed E-state index contributed by atoms with van der Waals surface area (Å²) in [6.45, 7) is 12.2. The highest BCUT2D eigenvalue weighted by molar-refractivity contribution is 8.06. The highest BCUT2D eigenvalue weighted by Gasteiger charge is 2.60. The summed E-state index contributed by atoms with van der Waals surface area (Å²) >= 11 is 2.64. The SMILES string of the molecule is CC(OC(=O)C1=C(SC=Cc2scnc2CO)[C@H](C)[C@@H]2[C@@H]([C@@H](C)O)C(=O)N12)OC(=O)N(C(C)C)C(C)C. The van der Waals surface area contributed by atoms with Crippen molar-refractivity contribution in [2.75, 3.05) is 0 Å². The van der Waals surface area contributed by atoms with Crippen molar-refractivity contribution < 1.29 is 34.1 Å². The second-order valence-corrected chi connectivity index (χ2v) is 11.5. The fraction of sp³-hybridized carbons (Fsp3) is 0.600. The van der Waals surface area contributed by atoms with E-state index < -0.39 is 30.4 Å². The zero-order chi connectivity index (χ0) is 27.6. The van der Waals surface area contributed by atoms with Crippen LogP contribution < -0.4 is 0 Å². The smallest absolute Gasteiger partial charge is 0.413 e. The zero-order valence-electron chi connectivity index (χ0n) is 22.1. The Kier molecular flexibility index (Phi) is 9.43. The van der Waals surface area contributed by atoms with Crippen molar-refractivity contribution in [2.24, 2.45) is 11.8 Å². The Labute approximate surface area is 225 Å². The van der Waals surface area contributed by atoms with Gasteiger partial charge in [0.1, 0.15) is 5.70 Å². The van der Waals surface area contributed by atoms with Gasteiger partial charge in [0.2, 0.25) is 12.2 Å². The van der Waals surface area contributed by atoms with Gasteiger partial charge >= 0.3 is 12.1 Å². The molecule has 1 fully saturated rings. The van der Waals surface area contributed by atoms with Crippen LogP contribution in [0.1, 0.15) is 59.0 Å². The van der Waals surface area contributed by atoms with Gasteiger partial charge in [0.25, 0.3) is 0 Å². The van der Waals surface area contributed by atoms with Gasteiger partial charge in [0.05, 0.1) is 40.8 Å². The molecule has 12 heteroatoms. The normalized spacial score (nSPS) is 22.9.